The lowest BCUT2D eigenvalue weighted by atomic mass is 9.81. The highest BCUT2D eigenvalue weighted by atomic mass is 35.5. The standard InChI is InChI=1S/C13H21ClO/c1-12(2)8-11(13(3,4)15-12)9-5-6-10(14)7-9/h7,10-11H,5-6,8H2,1-4H3. The molecule has 2 unspecified atom stereocenters. The van der Waals surface area contributed by atoms with Gasteiger partial charge in [-0.2, -0.15) is 0 Å². The molecule has 0 aromatic carbocycles. The van der Waals surface area contributed by atoms with Gasteiger partial charge in [-0.3, -0.25) is 0 Å². The predicted octanol–water partition coefficient (Wildman–Crippen LogP) is 3.91. The van der Waals surface area contributed by atoms with E-state index in [1.54, 1.807) is 0 Å². The minimum atomic E-state index is -0.0315. The van der Waals surface area contributed by atoms with Crippen LogP contribution in [0.25, 0.3) is 0 Å². The van der Waals surface area contributed by atoms with Crippen LogP contribution in [0.15, 0.2) is 11.6 Å². The van der Waals surface area contributed by atoms with Crippen LogP contribution in [0.1, 0.15) is 47.0 Å². The van der Waals surface area contributed by atoms with E-state index >= 15 is 0 Å². The monoisotopic (exact) mass is 228 g/mol. The molecule has 1 saturated heterocycles. The molecule has 1 fully saturated rings. The zero-order valence-corrected chi connectivity index (χ0v) is 10.9. The minimum absolute atomic E-state index is 0.0133. The van der Waals surface area contributed by atoms with Crippen LogP contribution < -0.4 is 0 Å². The first kappa shape index (κ1) is 11.5. The quantitative estimate of drug-likeness (QED) is 0.489. The number of hydrogen-bond donors (Lipinski definition) is 0. The van der Waals surface area contributed by atoms with Gasteiger partial charge in [-0.05, 0) is 47.0 Å². The maximum absolute atomic E-state index is 6.13. The van der Waals surface area contributed by atoms with Crippen molar-refractivity contribution in [2.75, 3.05) is 0 Å². The second kappa shape index (κ2) is 3.49. The number of hydrogen-bond acceptors (Lipinski definition) is 1. The Morgan fingerprint density at radius 2 is 2.00 bits per heavy atom. The smallest absolute Gasteiger partial charge is 0.0699 e. The zero-order valence-electron chi connectivity index (χ0n) is 10.1. The van der Waals surface area contributed by atoms with E-state index in [1.165, 1.54) is 5.57 Å². The van der Waals surface area contributed by atoms with E-state index < -0.39 is 0 Å². The van der Waals surface area contributed by atoms with Gasteiger partial charge in [0.05, 0.1) is 16.6 Å². The SMILES string of the molecule is CC1(C)CC(C2=CC(Cl)CC2)C(C)(C)O1. The average Bonchev–Trinajstić information content (AvgIpc) is 2.52. The number of ether oxygens (including phenoxy) is 1. The summed E-state index contributed by atoms with van der Waals surface area (Å²) in [6.07, 6.45) is 5.62. The summed E-state index contributed by atoms with van der Waals surface area (Å²) < 4.78 is 6.11. The third-order valence-electron chi connectivity index (χ3n) is 3.63. The summed E-state index contributed by atoms with van der Waals surface area (Å²) in [5, 5.41) is 0.250. The van der Waals surface area contributed by atoms with Gasteiger partial charge in [0, 0.05) is 5.92 Å². The molecule has 1 aliphatic carbocycles. The lowest BCUT2D eigenvalue weighted by Crippen LogP contribution is -2.30. The molecule has 0 saturated carbocycles. The third-order valence-corrected chi connectivity index (χ3v) is 3.97. The van der Waals surface area contributed by atoms with E-state index in [0.29, 0.717) is 5.92 Å². The van der Waals surface area contributed by atoms with E-state index in [0.717, 1.165) is 19.3 Å². The van der Waals surface area contributed by atoms with Gasteiger partial charge in [-0.1, -0.05) is 11.6 Å². The van der Waals surface area contributed by atoms with E-state index in [2.05, 4.69) is 33.8 Å². The topological polar surface area (TPSA) is 9.23 Å². The number of alkyl halides is 1. The fraction of sp³-hybridized carbons (Fsp3) is 0.846. The maximum atomic E-state index is 6.13. The summed E-state index contributed by atoms with van der Waals surface area (Å²) in [5.41, 5.74) is 1.50. The van der Waals surface area contributed by atoms with Crippen molar-refractivity contribution in [2.24, 2.45) is 5.92 Å². The van der Waals surface area contributed by atoms with Crippen molar-refractivity contribution in [2.45, 2.75) is 63.5 Å². The Labute approximate surface area is 97.8 Å². The Bertz CT molecular complexity index is 291. The highest BCUT2D eigenvalue weighted by Gasteiger charge is 2.47. The lowest BCUT2D eigenvalue weighted by Gasteiger charge is -2.28. The summed E-state index contributed by atoms with van der Waals surface area (Å²) >= 11 is 6.13. The second-order valence-corrected chi connectivity index (χ2v) is 6.58. The molecule has 1 nitrogen and oxygen atoms in total. The summed E-state index contributed by atoms with van der Waals surface area (Å²) in [4.78, 5) is 0. The van der Waals surface area contributed by atoms with Crippen molar-refractivity contribution in [3.63, 3.8) is 0 Å². The Morgan fingerprint density at radius 1 is 1.33 bits per heavy atom. The highest BCUT2D eigenvalue weighted by molar-refractivity contribution is 6.22. The van der Waals surface area contributed by atoms with Gasteiger partial charge in [0.15, 0.2) is 0 Å². The van der Waals surface area contributed by atoms with E-state index in [1.807, 2.05) is 0 Å². The van der Waals surface area contributed by atoms with Crippen molar-refractivity contribution in [3.8, 4) is 0 Å². The molecular formula is C13H21ClO. The van der Waals surface area contributed by atoms with Crippen molar-refractivity contribution >= 4 is 11.6 Å². The molecule has 1 heterocycles. The zero-order chi connectivity index (χ0) is 11.3. The molecule has 0 spiro atoms. The van der Waals surface area contributed by atoms with Crippen LogP contribution in [0.3, 0.4) is 0 Å². The molecule has 0 N–H and O–H groups in total. The fourth-order valence-electron chi connectivity index (χ4n) is 3.13. The Kier molecular flexibility index (Phi) is 2.67. The van der Waals surface area contributed by atoms with Crippen LogP contribution in [0.2, 0.25) is 0 Å². The van der Waals surface area contributed by atoms with E-state index in [-0.39, 0.29) is 16.6 Å². The Morgan fingerprint density at radius 3 is 2.40 bits per heavy atom. The van der Waals surface area contributed by atoms with Gasteiger partial charge < -0.3 is 4.74 Å². The predicted molar refractivity (Wildman–Crippen MR) is 64.3 cm³/mol. The first-order valence-electron chi connectivity index (χ1n) is 5.85. The molecule has 0 radical (unpaired) electrons. The van der Waals surface area contributed by atoms with Gasteiger partial charge in [0.2, 0.25) is 0 Å². The summed E-state index contributed by atoms with van der Waals surface area (Å²) in [6.45, 7) is 8.77. The largest absolute Gasteiger partial charge is 0.369 e. The Hall–Kier alpha value is -0.0100. The molecule has 0 aromatic heterocycles. The fourth-order valence-corrected chi connectivity index (χ4v) is 3.40. The molecule has 1 aliphatic heterocycles. The first-order valence-corrected chi connectivity index (χ1v) is 6.29. The number of allylic oxidation sites excluding steroid dienone is 1. The highest BCUT2D eigenvalue weighted by Crippen LogP contribution is 2.48. The normalized spacial score (nSPS) is 38.1. The molecule has 2 atom stereocenters. The lowest BCUT2D eigenvalue weighted by molar-refractivity contribution is -0.0715. The molecule has 2 aliphatic rings. The molecule has 0 amide bonds. The summed E-state index contributed by atoms with van der Waals surface area (Å²) in [7, 11) is 0. The van der Waals surface area contributed by atoms with Crippen LogP contribution in [-0.2, 0) is 4.74 Å². The molecule has 0 aromatic rings. The van der Waals surface area contributed by atoms with Crippen LogP contribution in [0.4, 0.5) is 0 Å². The van der Waals surface area contributed by atoms with Crippen LogP contribution in [0, 0.1) is 5.92 Å². The van der Waals surface area contributed by atoms with Crippen LogP contribution >= 0.6 is 11.6 Å². The molecule has 86 valence electrons. The van der Waals surface area contributed by atoms with Gasteiger partial charge in [0.1, 0.15) is 0 Å². The first-order chi connectivity index (χ1) is 6.80. The molecule has 2 rings (SSSR count). The van der Waals surface area contributed by atoms with Gasteiger partial charge in [0.25, 0.3) is 0 Å². The van der Waals surface area contributed by atoms with Crippen LogP contribution in [-0.4, -0.2) is 16.6 Å². The third kappa shape index (κ3) is 2.24. The molecule has 2 heteroatoms. The summed E-state index contributed by atoms with van der Waals surface area (Å²) in [5.74, 6) is 0.552. The van der Waals surface area contributed by atoms with Gasteiger partial charge >= 0.3 is 0 Å². The number of halogens is 1. The van der Waals surface area contributed by atoms with Gasteiger partial charge in [-0.15, -0.1) is 11.6 Å². The second-order valence-electron chi connectivity index (χ2n) is 6.02. The van der Waals surface area contributed by atoms with E-state index in [4.69, 9.17) is 16.3 Å². The summed E-state index contributed by atoms with van der Waals surface area (Å²) in [6, 6.07) is 0. The van der Waals surface area contributed by atoms with Crippen molar-refractivity contribution in [3.05, 3.63) is 11.6 Å². The van der Waals surface area contributed by atoms with Gasteiger partial charge in [-0.25, -0.2) is 0 Å². The average molecular weight is 229 g/mol. The van der Waals surface area contributed by atoms with Crippen molar-refractivity contribution < 1.29 is 4.74 Å². The Balaban J connectivity index is 2.20. The maximum Gasteiger partial charge on any atom is 0.0699 e. The van der Waals surface area contributed by atoms with E-state index in [9.17, 15) is 0 Å². The molecule has 0 bridgehead atoms. The van der Waals surface area contributed by atoms with Crippen molar-refractivity contribution in [1.82, 2.24) is 0 Å². The molecular weight excluding hydrogens is 208 g/mol. The van der Waals surface area contributed by atoms with Crippen molar-refractivity contribution in [1.29, 1.82) is 0 Å². The van der Waals surface area contributed by atoms with Crippen LogP contribution in [0.5, 0.6) is 0 Å². The minimum Gasteiger partial charge on any atom is -0.369 e. The number of rotatable bonds is 1. The molecule has 15 heavy (non-hydrogen) atoms.